The van der Waals surface area contributed by atoms with E-state index in [9.17, 15) is 4.79 Å². The molecule has 0 bridgehead atoms. The fraction of sp³-hybridized carbons (Fsp3) is 0.154. The van der Waals surface area contributed by atoms with Gasteiger partial charge in [0.2, 0.25) is 0 Å². The Balaban J connectivity index is 2.10. The summed E-state index contributed by atoms with van der Waals surface area (Å²) in [4.78, 5) is 22.8. The maximum Gasteiger partial charge on any atom is 0.252 e. The van der Waals surface area contributed by atoms with Crippen LogP contribution in [0.4, 0.5) is 0 Å². The highest BCUT2D eigenvalue weighted by Gasteiger charge is 2.09. The molecule has 0 fully saturated rings. The van der Waals surface area contributed by atoms with Gasteiger partial charge in [0.05, 0.1) is 36.2 Å². The largest absolute Gasteiger partial charge is 0.347 e. The van der Waals surface area contributed by atoms with Crippen LogP contribution in [0.15, 0.2) is 31.0 Å². The zero-order chi connectivity index (χ0) is 13.5. The van der Waals surface area contributed by atoms with Gasteiger partial charge in [0, 0.05) is 18.6 Å². The maximum atomic E-state index is 12.1. The van der Waals surface area contributed by atoms with Crippen LogP contribution in [0.1, 0.15) is 21.6 Å². The number of pyridine rings is 1. The van der Waals surface area contributed by atoms with Crippen molar-refractivity contribution in [1.29, 1.82) is 0 Å². The van der Waals surface area contributed by atoms with Gasteiger partial charge in [-0.1, -0.05) is 11.8 Å². The Hall–Kier alpha value is -2.65. The van der Waals surface area contributed by atoms with Gasteiger partial charge in [-0.15, -0.1) is 0 Å². The lowest BCUT2D eigenvalue weighted by atomic mass is 10.1. The molecule has 6 nitrogen and oxygen atoms in total. The lowest BCUT2D eigenvalue weighted by Gasteiger charge is -2.05. The number of hydrogen-bond donors (Lipinski definition) is 3. The molecule has 0 spiro atoms. The zero-order valence-corrected chi connectivity index (χ0v) is 10.2. The zero-order valence-electron chi connectivity index (χ0n) is 10.2. The van der Waals surface area contributed by atoms with E-state index in [-0.39, 0.29) is 12.5 Å². The Kier molecular flexibility index (Phi) is 4.26. The van der Waals surface area contributed by atoms with Crippen molar-refractivity contribution < 1.29 is 4.79 Å². The molecule has 0 saturated heterocycles. The van der Waals surface area contributed by atoms with Crippen LogP contribution in [0.5, 0.6) is 0 Å². The molecule has 0 unspecified atom stereocenters. The van der Waals surface area contributed by atoms with Gasteiger partial charge in [0.15, 0.2) is 0 Å². The second kappa shape index (κ2) is 6.33. The third-order valence-electron chi connectivity index (χ3n) is 2.39. The van der Waals surface area contributed by atoms with E-state index < -0.39 is 0 Å². The molecule has 0 aliphatic carbocycles. The van der Waals surface area contributed by atoms with Crippen LogP contribution < -0.4 is 11.1 Å². The Bertz CT molecular complexity index is 609. The predicted octanol–water partition coefficient (Wildman–Crippen LogP) is 0.0449. The molecule has 0 aromatic carbocycles. The third kappa shape index (κ3) is 3.40. The molecule has 2 aromatic rings. The lowest BCUT2D eigenvalue weighted by Crippen LogP contribution is -2.24. The number of nitrogens with zero attached hydrogens (tertiary/aromatic N) is 2. The summed E-state index contributed by atoms with van der Waals surface area (Å²) < 4.78 is 0. The molecule has 0 aliphatic heterocycles. The van der Waals surface area contributed by atoms with E-state index in [0.29, 0.717) is 17.7 Å². The van der Waals surface area contributed by atoms with Gasteiger partial charge in [0.1, 0.15) is 0 Å². The first kappa shape index (κ1) is 12.8. The number of amides is 1. The monoisotopic (exact) mass is 255 g/mol. The highest BCUT2D eigenvalue weighted by atomic mass is 16.1. The van der Waals surface area contributed by atoms with Crippen molar-refractivity contribution in [2.24, 2.45) is 5.73 Å². The Morgan fingerprint density at radius 3 is 3.05 bits per heavy atom. The number of H-pyrrole nitrogens is 1. The third-order valence-corrected chi connectivity index (χ3v) is 2.39. The van der Waals surface area contributed by atoms with Crippen LogP contribution in [0.3, 0.4) is 0 Å². The topological polar surface area (TPSA) is 96.7 Å². The Labute approximate surface area is 110 Å². The van der Waals surface area contributed by atoms with Gasteiger partial charge in [-0.3, -0.25) is 9.78 Å². The highest BCUT2D eigenvalue weighted by Crippen LogP contribution is 2.05. The molecule has 2 rings (SSSR count). The summed E-state index contributed by atoms with van der Waals surface area (Å²) >= 11 is 0. The Morgan fingerprint density at radius 2 is 2.32 bits per heavy atom. The number of hydrogen-bond acceptors (Lipinski definition) is 4. The first-order valence-electron chi connectivity index (χ1n) is 5.69. The second-order valence-corrected chi connectivity index (χ2v) is 3.69. The Morgan fingerprint density at radius 1 is 1.42 bits per heavy atom. The van der Waals surface area contributed by atoms with Crippen molar-refractivity contribution in [3.63, 3.8) is 0 Å². The molecule has 1 amide bonds. The van der Waals surface area contributed by atoms with E-state index in [2.05, 4.69) is 32.1 Å². The van der Waals surface area contributed by atoms with Crippen molar-refractivity contribution in [2.75, 3.05) is 6.54 Å². The molecular weight excluding hydrogens is 242 g/mol. The van der Waals surface area contributed by atoms with Crippen LogP contribution in [-0.2, 0) is 6.54 Å². The fourth-order valence-corrected chi connectivity index (χ4v) is 1.49. The molecule has 96 valence electrons. The van der Waals surface area contributed by atoms with Gasteiger partial charge in [0.25, 0.3) is 5.91 Å². The summed E-state index contributed by atoms with van der Waals surface area (Å²) in [5.74, 6) is 5.33. The molecule has 6 heteroatoms. The van der Waals surface area contributed by atoms with Crippen LogP contribution >= 0.6 is 0 Å². The van der Waals surface area contributed by atoms with Crippen molar-refractivity contribution in [3.8, 4) is 11.8 Å². The molecule has 0 aliphatic rings. The van der Waals surface area contributed by atoms with Gasteiger partial charge < -0.3 is 16.0 Å². The quantitative estimate of drug-likeness (QED) is 0.675. The summed E-state index contributed by atoms with van der Waals surface area (Å²) in [6, 6.07) is 1.63. The predicted molar refractivity (Wildman–Crippen MR) is 69.9 cm³/mol. The normalized spacial score (nSPS) is 9.53. The van der Waals surface area contributed by atoms with Crippen molar-refractivity contribution >= 4 is 5.91 Å². The average molecular weight is 255 g/mol. The number of rotatable bonds is 3. The summed E-state index contributed by atoms with van der Waals surface area (Å²) in [6.45, 7) is 0.620. The van der Waals surface area contributed by atoms with E-state index >= 15 is 0 Å². The number of imidazole rings is 1. The lowest BCUT2D eigenvalue weighted by molar-refractivity contribution is 0.0950. The van der Waals surface area contributed by atoms with Crippen molar-refractivity contribution in [1.82, 2.24) is 20.3 Å². The average Bonchev–Trinajstić information content (AvgIpc) is 2.96. The molecule has 2 aromatic heterocycles. The summed E-state index contributed by atoms with van der Waals surface area (Å²) in [7, 11) is 0. The molecular formula is C13H13N5O. The fourth-order valence-electron chi connectivity index (χ4n) is 1.49. The summed E-state index contributed by atoms with van der Waals surface area (Å²) in [6.07, 6.45) is 6.32. The van der Waals surface area contributed by atoms with E-state index in [1.165, 1.54) is 0 Å². The van der Waals surface area contributed by atoms with Crippen LogP contribution in [-0.4, -0.2) is 27.4 Å². The van der Waals surface area contributed by atoms with Crippen molar-refractivity contribution in [3.05, 3.63) is 47.8 Å². The van der Waals surface area contributed by atoms with Crippen LogP contribution in [0.25, 0.3) is 0 Å². The number of nitrogens with one attached hydrogen (secondary N) is 2. The number of nitrogens with two attached hydrogens (primary N) is 1. The van der Waals surface area contributed by atoms with Crippen LogP contribution in [0, 0.1) is 11.8 Å². The van der Waals surface area contributed by atoms with Crippen LogP contribution in [0.2, 0.25) is 0 Å². The maximum absolute atomic E-state index is 12.1. The van der Waals surface area contributed by atoms with E-state index in [0.717, 1.165) is 5.69 Å². The van der Waals surface area contributed by atoms with Gasteiger partial charge >= 0.3 is 0 Å². The smallest absolute Gasteiger partial charge is 0.252 e. The van der Waals surface area contributed by atoms with Gasteiger partial charge in [-0.05, 0) is 6.07 Å². The molecule has 4 N–H and O–H groups in total. The number of aromatic nitrogens is 3. The standard InChI is InChI=1S/C13H13N5O/c14-4-1-2-10-6-15-5-3-12(10)13(19)17-8-11-7-16-9-18-11/h3,5-7,9H,4,8,14H2,(H,16,18)(H,17,19). The number of carbonyl (C=O) groups excluding carboxylic acids is 1. The van der Waals surface area contributed by atoms with E-state index in [4.69, 9.17) is 5.73 Å². The summed E-state index contributed by atoms with van der Waals surface area (Å²) in [5, 5.41) is 2.78. The molecule has 2 heterocycles. The SMILES string of the molecule is NCC#Cc1cnccc1C(=O)NCc1cnc[nH]1. The van der Waals surface area contributed by atoms with Crippen molar-refractivity contribution in [2.45, 2.75) is 6.54 Å². The van der Waals surface area contributed by atoms with E-state index in [1.54, 1.807) is 31.0 Å². The van der Waals surface area contributed by atoms with Gasteiger partial charge in [-0.25, -0.2) is 4.98 Å². The minimum absolute atomic E-state index is 0.210. The molecule has 0 saturated carbocycles. The number of aromatic amines is 1. The summed E-state index contributed by atoms with van der Waals surface area (Å²) in [5.41, 5.74) is 7.20. The molecule has 19 heavy (non-hydrogen) atoms. The number of carbonyl (C=O) groups is 1. The molecule has 0 radical (unpaired) electrons. The minimum atomic E-state index is -0.210. The van der Waals surface area contributed by atoms with E-state index in [1.807, 2.05) is 0 Å². The molecule has 0 atom stereocenters. The second-order valence-electron chi connectivity index (χ2n) is 3.69. The highest BCUT2D eigenvalue weighted by molar-refractivity contribution is 5.96. The minimum Gasteiger partial charge on any atom is -0.347 e. The first-order valence-corrected chi connectivity index (χ1v) is 5.69. The first-order chi connectivity index (χ1) is 9.31. The van der Waals surface area contributed by atoms with Gasteiger partial charge in [-0.2, -0.15) is 0 Å².